The molecule has 2 rings (SSSR count). The van der Waals surface area contributed by atoms with Gasteiger partial charge >= 0.3 is 0 Å². The molecule has 0 atom stereocenters. The molecule has 2 heteroatoms. The van der Waals surface area contributed by atoms with Gasteiger partial charge in [-0.05, 0) is 37.0 Å². The van der Waals surface area contributed by atoms with Gasteiger partial charge in [-0.3, -0.25) is 0 Å². The molecule has 1 aliphatic heterocycles. The molecule has 0 spiro atoms. The van der Waals surface area contributed by atoms with Crippen LogP contribution in [0.2, 0.25) is 0 Å². The Morgan fingerprint density at radius 2 is 2.00 bits per heavy atom. The van der Waals surface area contributed by atoms with Crippen LogP contribution in [0.5, 0.6) is 5.75 Å². The van der Waals surface area contributed by atoms with E-state index in [4.69, 9.17) is 0 Å². The first-order chi connectivity index (χ1) is 6.81. The second kappa shape index (κ2) is 3.91. The number of aryl methyl sites for hydroxylation is 1. The van der Waals surface area contributed by atoms with Gasteiger partial charge in [-0.15, -0.1) is 0 Å². The number of hydrogen-bond acceptors (Lipinski definition) is 2. The van der Waals surface area contributed by atoms with Crippen molar-refractivity contribution in [2.75, 3.05) is 18.0 Å². The molecular weight excluding hydrogens is 174 g/mol. The fraction of sp³-hybridized carbons (Fsp3) is 0.500. The molecule has 1 heterocycles. The predicted octanol–water partition coefficient (Wildman–Crippen LogP) is 2.55. The van der Waals surface area contributed by atoms with Gasteiger partial charge in [0.15, 0.2) is 0 Å². The first kappa shape index (κ1) is 9.38. The van der Waals surface area contributed by atoms with Crippen molar-refractivity contribution in [3.05, 3.63) is 23.8 Å². The van der Waals surface area contributed by atoms with E-state index in [0.717, 1.165) is 25.2 Å². The van der Waals surface area contributed by atoms with Gasteiger partial charge in [-0.25, -0.2) is 0 Å². The first-order valence-corrected chi connectivity index (χ1v) is 5.38. The fourth-order valence-electron chi connectivity index (χ4n) is 2.00. The van der Waals surface area contributed by atoms with Crippen molar-refractivity contribution in [2.45, 2.75) is 26.2 Å². The van der Waals surface area contributed by atoms with E-state index in [-0.39, 0.29) is 0 Å². The number of aromatic hydroxyl groups is 1. The summed E-state index contributed by atoms with van der Waals surface area (Å²) >= 11 is 0. The zero-order valence-corrected chi connectivity index (χ0v) is 8.66. The predicted molar refractivity (Wildman–Crippen MR) is 58.9 cm³/mol. The second-order valence-electron chi connectivity index (χ2n) is 3.87. The maximum absolute atomic E-state index is 9.75. The molecule has 1 N–H and O–H groups in total. The lowest BCUT2D eigenvalue weighted by molar-refractivity contribution is 0.474. The van der Waals surface area contributed by atoms with Crippen LogP contribution in [0.25, 0.3) is 0 Å². The van der Waals surface area contributed by atoms with Crippen LogP contribution in [0.3, 0.4) is 0 Å². The summed E-state index contributed by atoms with van der Waals surface area (Å²) in [4.78, 5) is 2.27. The molecule has 1 fully saturated rings. The highest BCUT2D eigenvalue weighted by Crippen LogP contribution is 2.30. The van der Waals surface area contributed by atoms with E-state index in [0.29, 0.717) is 5.75 Å². The quantitative estimate of drug-likeness (QED) is 0.776. The average Bonchev–Trinajstić information content (AvgIpc) is 2.71. The molecule has 0 saturated carbocycles. The van der Waals surface area contributed by atoms with Crippen LogP contribution < -0.4 is 4.90 Å². The summed E-state index contributed by atoms with van der Waals surface area (Å²) in [5.74, 6) is 0.420. The molecular formula is C12H17NO. The Hall–Kier alpha value is -1.18. The van der Waals surface area contributed by atoms with Gasteiger partial charge in [0.05, 0.1) is 5.69 Å². The number of nitrogens with zero attached hydrogens (tertiary/aromatic N) is 1. The van der Waals surface area contributed by atoms with Crippen LogP contribution in [-0.2, 0) is 6.42 Å². The normalized spacial score (nSPS) is 16.2. The molecule has 14 heavy (non-hydrogen) atoms. The summed E-state index contributed by atoms with van der Waals surface area (Å²) in [6.45, 7) is 4.31. The molecule has 1 aromatic rings. The summed E-state index contributed by atoms with van der Waals surface area (Å²) in [5.41, 5.74) is 2.31. The Morgan fingerprint density at radius 1 is 1.29 bits per heavy atom. The molecule has 1 aliphatic rings. The molecule has 0 amide bonds. The van der Waals surface area contributed by atoms with E-state index in [1.165, 1.54) is 18.4 Å². The first-order valence-electron chi connectivity index (χ1n) is 5.38. The van der Waals surface area contributed by atoms with Crippen LogP contribution in [0.4, 0.5) is 5.69 Å². The molecule has 0 bridgehead atoms. The maximum atomic E-state index is 9.75. The molecule has 0 aromatic heterocycles. The van der Waals surface area contributed by atoms with Gasteiger partial charge in [-0.1, -0.05) is 13.0 Å². The third kappa shape index (κ3) is 1.69. The minimum absolute atomic E-state index is 0.420. The summed E-state index contributed by atoms with van der Waals surface area (Å²) in [6.07, 6.45) is 3.52. The van der Waals surface area contributed by atoms with Crippen molar-refractivity contribution < 1.29 is 5.11 Å². The highest BCUT2D eigenvalue weighted by atomic mass is 16.3. The second-order valence-corrected chi connectivity index (χ2v) is 3.87. The van der Waals surface area contributed by atoms with E-state index in [9.17, 15) is 5.11 Å². The number of phenols is 1. The molecule has 0 radical (unpaired) electrons. The lowest BCUT2D eigenvalue weighted by atomic mass is 10.1. The third-order valence-corrected chi connectivity index (χ3v) is 2.89. The Bertz CT molecular complexity index is 316. The Kier molecular flexibility index (Phi) is 2.62. The standard InChI is InChI=1S/C12H17NO/c1-2-10-5-6-12(14)11(9-10)13-7-3-4-8-13/h5-6,9,14H,2-4,7-8H2,1H3. The van der Waals surface area contributed by atoms with E-state index >= 15 is 0 Å². The maximum Gasteiger partial charge on any atom is 0.138 e. The zero-order chi connectivity index (χ0) is 9.97. The highest BCUT2D eigenvalue weighted by Gasteiger charge is 2.15. The minimum Gasteiger partial charge on any atom is -0.506 e. The smallest absolute Gasteiger partial charge is 0.138 e. The molecule has 0 aliphatic carbocycles. The Labute approximate surface area is 85.2 Å². The number of hydrogen-bond donors (Lipinski definition) is 1. The van der Waals surface area contributed by atoms with Crippen molar-refractivity contribution in [3.63, 3.8) is 0 Å². The van der Waals surface area contributed by atoms with Crippen LogP contribution in [0, 0.1) is 0 Å². The SMILES string of the molecule is CCc1ccc(O)c(N2CCCC2)c1. The highest BCUT2D eigenvalue weighted by molar-refractivity contribution is 5.59. The number of rotatable bonds is 2. The van der Waals surface area contributed by atoms with Gasteiger partial charge in [0, 0.05) is 13.1 Å². The zero-order valence-electron chi connectivity index (χ0n) is 8.66. The van der Waals surface area contributed by atoms with Crippen molar-refractivity contribution in [1.82, 2.24) is 0 Å². The number of benzene rings is 1. The average molecular weight is 191 g/mol. The lowest BCUT2D eigenvalue weighted by Gasteiger charge is -2.19. The van der Waals surface area contributed by atoms with Gasteiger partial charge < -0.3 is 10.0 Å². The van der Waals surface area contributed by atoms with Crippen LogP contribution >= 0.6 is 0 Å². The van der Waals surface area contributed by atoms with Crippen LogP contribution in [0.15, 0.2) is 18.2 Å². The summed E-state index contributed by atoms with van der Waals surface area (Å²) in [6, 6.07) is 5.92. The van der Waals surface area contributed by atoms with E-state index < -0.39 is 0 Å². The molecule has 2 nitrogen and oxygen atoms in total. The Morgan fingerprint density at radius 3 is 2.64 bits per heavy atom. The monoisotopic (exact) mass is 191 g/mol. The van der Waals surface area contributed by atoms with Crippen LogP contribution in [0.1, 0.15) is 25.3 Å². The van der Waals surface area contributed by atoms with E-state index in [1.807, 2.05) is 12.1 Å². The van der Waals surface area contributed by atoms with Crippen LogP contribution in [-0.4, -0.2) is 18.2 Å². The lowest BCUT2D eigenvalue weighted by Crippen LogP contribution is -2.17. The van der Waals surface area contributed by atoms with Crippen molar-refractivity contribution >= 4 is 5.69 Å². The molecule has 1 saturated heterocycles. The van der Waals surface area contributed by atoms with Gasteiger partial charge in [0.2, 0.25) is 0 Å². The molecule has 0 unspecified atom stereocenters. The largest absolute Gasteiger partial charge is 0.506 e. The van der Waals surface area contributed by atoms with Gasteiger partial charge in [-0.2, -0.15) is 0 Å². The third-order valence-electron chi connectivity index (χ3n) is 2.89. The minimum atomic E-state index is 0.420. The molecule has 76 valence electrons. The number of anilines is 1. The fourth-order valence-corrected chi connectivity index (χ4v) is 2.00. The summed E-state index contributed by atoms with van der Waals surface area (Å²) in [7, 11) is 0. The van der Waals surface area contributed by atoms with Crippen molar-refractivity contribution in [1.29, 1.82) is 0 Å². The summed E-state index contributed by atoms with van der Waals surface area (Å²) in [5, 5.41) is 9.75. The van der Waals surface area contributed by atoms with Gasteiger partial charge in [0.1, 0.15) is 5.75 Å². The summed E-state index contributed by atoms with van der Waals surface area (Å²) < 4.78 is 0. The van der Waals surface area contributed by atoms with Gasteiger partial charge in [0.25, 0.3) is 0 Å². The topological polar surface area (TPSA) is 23.5 Å². The molecule has 1 aromatic carbocycles. The van der Waals surface area contributed by atoms with E-state index in [1.54, 1.807) is 0 Å². The Balaban J connectivity index is 2.29. The van der Waals surface area contributed by atoms with Crippen molar-refractivity contribution in [3.8, 4) is 5.75 Å². The van der Waals surface area contributed by atoms with Crippen molar-refractivity contribution in [2.24, 2.45) is 0 Å². The number of phenolic OH excluding ortho intramolecular Hbond substituents is 1. The van der Waals surface area contributed by atoms with E-state index in [2.05, 4.69) is 17.9 Å².